The molecule has 4 amide bonds. The van der Waals surface area contributed by atoms with Crippen LogP contribution in [0.25, 0.3) is 6.08 Å². The third-order valence-electron chi connectivity index (χ3n) is 4.72. The summed E-state index contributed by atoms with van der Waals surface area (Å²) in [7, 11) is 0. The number of halogens is 1. The molecule has 0 spiro atoms. The highest BCUT2D eigenvalue weighted by atomic mass is 35.5. The lowest BCUT2D eigenvalue weighted by molar-refractivity contribution is -0.130. The number of amides is 4. The molecule has 2 heterocycles. The summed E-state index contributed by atoms with van der Waals surface area (Å²) in [6, 6.07) is 12.6. The summed E-state index contributed by atoms with van der Waals surface area (Å²) in [6.07, 6.45) is 1.35. The number of anilines is 1. The Hall–Kier alpha value is -2.90. The smallest absolute Gasteiger partial charge is 0.274 e. The molecule has 2 saturated heterocycles. The Morgan fingerprint density at radius 3 is 2.31 bits per heavy atom. The molecule has 2 aliphatic rings. The Morgan fingerprint density at radius 2 is 1.66 bits per heavy atom. The molecule has 0 saturated carbocycles. The van der Waals surface area contributed by atoms with Crippen molar-refractivity contribution >= 4 is 58.1 Å². The largest absolute Gasteiger partial charge is 0.294 e. The summed E-state index contributed by atoms with van der Waals surface area (Å²) < 4.78 is 0. The van der Waals surface area contributed by atoms with Gasteiger partial charge in [0.1, 0.15) is 6.04 Å². The second-order valence-electron chi connectivity index (χ2n) is 6.73. The average molecular weight is 427 g/mol. The lowest BCUT2D eigenvalue weighted by Crippen LogP contribution is -2.44. The molecule has 146 valence electrons. The van der Waals surface area contributed by atoms with Gasteiger partial charge in [-0.1, -0.05) is 41.4 Å². The maximum Gasteiger partial charge on any atom is 0.294 e. The van der Waals surface area contributed by atoms with Crippen LogP contribution in [-0.4, -0.2) is 33.9 Å². The molecule has 29 heavy (non-hydrogen) atoms. The van der Waals surface area contributed by atoms with E-state index >= 15 is 0 Å². The number of carbonyl (C=O) groups excluding carboxylic acids is 4. The zero-order chi connectivity index (χ0) is 20.7. The topological polar surface area (TPSA) is 74.8 Å². The third kappa shape index (κ3) is 3.59. The molecule has 0 bridgehead atoms. The van der Waals surface area contributed by atoms with E-state index in [1.165, 1.54) is 0 Å². The molecular weight excluding hydrogens is 412 g/mol. The maximum atomic E-state index is 12.9. The fourth-order valence-electron chi connectivity index (χ4n) is 3.24. The molecule has 0 radical (unpaired) electrons. The second kappa shape index (κ2) is 7.50. The number of nitrogens with zero attached hydrogens (tertiary/aromatic N) is 2. The second-order valence-corrected chi connectivity index (χ2v) is 8.16. The minimum Gasteiger partial charge on any atom is -0.274 e. The van der Waals surface area contributed by atoms with E-state index in [0.717, 1.165) is 27.1 Å². The Bertz CT molecular complexity index is 1060. The zero-order valence-corrected chi connectivity index (χ0v) is 16.9. The van der Waals surface area contributed by atoms with Gasteiger partial charge in [0, 0.05) is 5.02 Å². The van der Waals surface area contributed by atoms with E-state index in [1.54, 1.807) is 54.6 Å². The van der Waals surface area contributed by atoms with Gasteiger partial charge in [-0.2, -0.15) is 0 Å². The molecule has 0 aromatic heterocycles. The molecule has 0 N–H and O–H groups in total. The van der Waals surface area contributed by atoms with Gasteiger partial charge in [-0.3, -0.25) is 24.1 Å². The number of hydrogen-bond acceptors (Lipinski definition) is 5. The molecular formula is C21H15ClN2O4S. The van der Waals surface area contributed by atoms with Crippen LogP contribution in [0, 0.1) is 6.92 Å². The summed E-state index contributed by atoms with van der Waals surface area (Å²) in [5.41, 5.74) is 2.12. The highest BCUT2D eigenvalue weighted by Gasteiger charge is 2.50. The van der Waals surface area contributed by atoms with Gasteiger partial charge >= 0.3 is 0 Å². The minimum absolute atomic E-state index is 0.200. The van der Waals surface area contributed by atoms with Crippen molar-refractivity contribution in [3.8, 4) is 0 Å². The van der Waals surface area contributed by atoms with Crippen LogP contribution in [0.1, 0.15) is 17.5 Å². The number of rotatable bonds is 3. The molecule has 2 aromatic carbocycles. The zero-order valence-electron chi connectivity index (χ0n) is 15.3. The normalized spacial score (nSPS) is 21.0. The lowest BCUT2D eigenvalue weighted by atomic mass is 10.2. The van der Waals surface area contributed by atoms with Crippen LogP contribution >= 0.6 is 23.4 Å². The predicted octanol–water partition coefficient (Wildman–Crippen LogP) is 4.02. The summed E-state index contributed by atoms with van der Waals surface area (Å²) in [4.78, 5) is 52.8. The Morgan fingerprint density at radius 1 is 1.00 bits per heavy atom. The van der Waals surface area contributed by atoms with Crippen LogP contribution in [0.2, 0.25) is 5.02 Å². The molecule has 4 rings (SSSR count). The van der Waals surface area contributed by atoms with Gasteiger partial charge in [0.05, 0.1) is 17.0 Å². The standard InChI is InChI=1S/C21H15ClN2O4S/c1-12-2-8-15(9-3-12)23-18(25)11-16(19(23)26)24-20(27)17(29-21(24)28)10-13-4-6-14(22)7-5-13/h2-10,16H,11H2,1H3/b17-10+/t16-/m1/s1. The lowest BCUT2D eigenvalue weighted by Gasteiger charge is -2.20. The van der Waals surface area contributed by atoms with Crippen LogP contribution in [-0.2, 0) is 14.4 Å². The summed E-state index contributed by atoms with van der Waals surface area (Å²) in [5.74, 6) is -1.59. The summed E-state index contributed by atoms with van der Waals surface area (Å²) in [5, 5.41) is -0.00589. The molecule has 0 unspecified atom stereocenters. The first-order chi connectivity index (χ1) is 13.8. The van der Waals surface area contributed by atoms with Crippen molar-refractivity contribution < 1.29 is 19.2 Å². The third-order valence-corrected chi connectivity index (χ3v) is 5.85. The van der Waals surface area contributed by atoms with E-state index in [-0.39, 0.29) is 11.3 Å². The van der Waals surface area contributed by atoms with Gasteiger partial charge in [-0.15, -0.1) is 0 Å². The van der Waals surface area contributed by atoms with E-state index in [0.29, 0.717) is 16.3 Å². The number of imide groups is 2. The number of benzene rings is 2. The number of aryl methyl sites for hydroxylation is 1. The maximum absolute atomic E-state index is 12.9. The molecule has 2 aliphatic heterocycles. The Kier molecular flexibility index (Phi) is 5.02. The van der Waals surface area contributed by atoms with Crippen LogP contribution in [0.4, 0.5) is 10.5 Å². The van der Waals surface area contributed by atoms with Crippen LogP contribution in [0.5, 0.6) is 0 Å². The molecule has 1 atom stereocenters. The first-order valence-electron chi connectivity index (χ1n) is 8.81. The number of carbonyl (C=O) groups is 4. The van der Waals surface area contributed by atoms with Crippen LogP contribution in [0.15, 0.2) is 53.4 Å². The van der Waals surface area contributed by atoms with E-state index in [2.05, 4.69) is 0 Å². The fraction of sp³-hybridized carbons (Fsp3) is 0.143. The van der Waals surface area contributed by atoms with Crippen molar-refractivity contribution in [2.24, 2.45) is 0 Å². The van der Waals surface area contributed by atoms with Gasteiger partial charge in [0.2, 0.25) is 5.91 Å². The van der Waals surface area contributed by atoms with Gasteiger partial charge < -0.3 is 0 Å². The first-order valence-corrected chi connectivity index (χ1v) is 10.0. The van der Waals surface area contributed by atoms with Crippen molar-refractivity contribution in [1.82, 2.24) is 4.90 Å². The van der Waals surface area contributed by atoms with Crippen molar-refractivity contribution in [1.29, 1.82) is 0 Å². The fourth-order valence-corrected chi connectivity index (χ4v) is 4.24. The molecule has 2 aromatic rings. The van der Waals surface area contributed by atoms with E-state index in [1.807, 2.05) is 6.92 Å². The number of thioether (sulfide) groups is 1. The van der Waals surface area contributed by atoms with Gasteiger partial charge in [-0.05, 0) is 54.6 Å². The highest BCUT2D eigenvalue weighted by Crippen LogP contribution is 2.37. The minimum atomic E-state index is -1.13. The predicted molar refractivity (Wildman–Crippen MR) is 111 cm³/mol. The van der Waals surface area contributed by atoms with Gasteiger partial charge in [0.15, 0.2) is 0 Å². The summed E-state index contributed by atoms with van der Waals surface area (Å²) >= 11 is 6.62. The Balaban J connectivity index is 1.59. The molecule has 8 heteroatoms. The van der Waals surface area contributed by atoms with Crippen LogP contribution in [0.3, 0.4) is 0 Å². The van der Waals surface area contributed by atoms with Crippen LogP contribution < -0.4 is 4.90 Å². The van der Waals surface area contributed by atoms with E-state index < -0.39 is 29.0 Å². The van der Waals surface area contributed by atoms with Crippen molar-refractivity contribution in [3.05, 3.63) is 69.6 Å². The van der Waals surface area contributed by atoms with Gasteiger partial charge in [0.25, 0.3) is 17.1 Å². The van der Waals surface area contributed by atoms with E-state index in [9.17, 15) is 19.2 Å². The highest BCUT2D eigenvalue weighted by molar-refractivity contribution is 8.18. The van der Waals surface area contributed by atoms with Crippen molar-refractivity contribution in [3.63, 3.8) is 0 Å². The first kappa shape index (κ1) is 19.4. The molecule has 6 nitrogen and oxygen atoms in total. The van der Waals surface area contributed by atoms with Gasteiger partial charge in [-0.25, -0.2) is 4.90 Å². The number of hydrogen-bond donors (Lipinski definition) is 0. The Labute approximate surface area is 176 Å². The monoisotopic (exact) mass is 426 g/mol. The molecule has 0 aliphatic carbocycles. The SMILES string of the molecule is Cc1ccc(N2C(=O)C[C@@H](N3C(=O)S/C(=C/c4ccc(Cl)cc4)C3=O)C2=O)cc1. The average Bonchev–Trinajstić information content (AvgIpc) is 3.12. The molecule has 2 fully saturated rings. The van der Waals surface area contributed by atoms with E-state index in [4.69, 9.17) is 11.6 Å². The quantitative estimate of drug-likeness (QED) is 0.547. The summed E-state index contributed by atoms with van der Waals surface area (Å²) in [6.45, 7) is 1.90. The van der Waals surface area contributed by atoms with Crippen molar-refractivity contribution in [2.75, 3.05) is 4.90 Å². The van der Waals surface area contributed by atoms with Crippen molar-refractivity contribution in [2.45, 2.75) is 19.4 Å².